The number of pyridine rings is 1. The van der Waals surface area contributed by atoms with Crippen molar-refractivity contribution in [3.05, 3.63) is 45.2 Å². The van der Waals surface area contributed by atoms with Crippen molar-refractivity contribution in [3.63, 3.8) is 0 Å². The van der Waals surface area contributed by atoms with Crippen LogP contribution in [0.3, 0.4) is 0 Å². The van der Waals surface area contributed by atoms with Gasteiger partial charge < -0.3 is 10.7 Å². The summed E-state index contributed by atoms with van der Waals surface area (Å²) in [7, 11) is 0. The van der Waals surface area contributed by atoms with Crippen LogP contribution in [0.2, 0.25) is 5.02 Å². The second kappa shape index (κ2) is 6.51. The van der Waals surface area contributed by atoms with Crippen molar-refractivity contribution < 1.29 is 4.79 Å². The number of nitrogens with one attached hydrogen (secondary N) is 2. The molecule has 5 nitrogen and oxygen atoms in total. The van der Waals surface area contributed by atoms with Crippen molar-refractivity contribution in [1.82, 2.24) is 10.3 Å². The Hall–Kier alpha value is -1.63. The van der Waals surface area contributed by atoms with Crippen LogP contribution < -0.4 is 16.6 Å². The molecule has 4 N–H and O–H groups in total. The van der Waals surface area contributed by atoms with Gasteiger partial charge in [-0.05, 0) is 40.9 Å². The first-order valence-electron chi connectivity index (χ1n) is 5.63. The van der Waals surface area contributed by atoms with E-state index in [0.717, 1.165) is 6.42 Å². The maximum atomic E-state index is 11.9. The van der Waals surface area contributed by atoms with Gasteiger partial charge in [-0.1, -0.05) is 11.6 Å². The number of hydrogen-bond donors (Lipinski definition) is 3. The van der Waals surface area contributed by atoms with Crippen LogP contribution >= 0.6 is 22.9 Å². The van der Waals surface area contributed by atoms with E-state index in [2.05, 4.69) is 21.1 Å². The Morgan fingerprint density at radius 2 is 2.26 bits per heavy atom. The predicted molar refractivity (Wildman–Crippen MR) is 77.4 cm³/mol. The van der Waals surface area contributed by atoms with Crippen molar-refractivity contribution in [2.75, 3.05) is 12.0 Å². The standard InChI is InChI=1S/C12H13ClN4OS/c13-9-1-2-10(17-14)16-11(9)12(18)15-5-3-8-4-6-19-7-8/h1-2,4,6-7H,3,5,14H2,(H,15,18)(H,16,17). The molecule has 2 aromatic heterocycles. The van der Waals surface area contributed by atoms with Crippen LogP contribution in [0.5, 0.6) is 0 Å². The van der Waals surface area contributed by atoms with Crippen LogP contribution in [-0.4, -0.2) is 17.4 Å². The van der Waals surface area contributed by atoms with Crippen molar-refractivity contribution in [2.24, 2.45) is 5.84 Å². The molecule has 2 aromatic rings. The van der Waals surface area contributed by atoms with E-state index in [4.69, 9.17) is 17.4 Å². The summed E-state index contributed by atoms with van der Waals surface area (Å²) >= 11 is 7.57. The summed E-state index contributed by atoms with van der Waals surface area (Å²) < 4.78 is 0. The summed E-state index contributed by atoms with van der Waals surface area (Å²) in [4.78, 5) is 16.0. The van der Waals surface area contributed by atoms with Crippen LogP contribution in [0.1, 0.15) is 16.1 Å². The molecule has 7 heteroatoms. The Morgan fingerprint density at radius 3 is 2.95 bits per heavy atom. The third-order valence-corrected chi connectivity index (χ3v) is 3.53. The average Bonchev–Trinajstić information content (AvgIpc) is 2.92. The Kier molecular flexibility index (Phi) is 4.73. The molecule has 2 heterocycles. The van der Waals surface area contributed by atoms with Gasteiger partial charge in [-0.15, -0.1) is 0 Å². The van der Waals surface area contributed by atoms with Crippen LogP contribution in [0.15, 0.2) is 29.0 Å². The van der Waals surface area contributed by atoms with Gasteiger partial charge in [0.1, 0.15) is 11.5 Å². The van der Waals surface area contributed by atoms with Gasteiger partial charge in [0.2, 0.25) is 0 Å². The molecule has 2 rings (SSSR count). The van der Waals surface area contributed by atoms with Crippen LogP contribution in [0.25, 0.3) is 0 Å². The Labute approximate surface area is 119 Å². The number of hydrazine groups is 1. The number of carbonyl (C=O) groups excluding carboxylic acids is 1. The van der Waals surface area contributed by atoms with Gasteiger partial charge in [-0.3, -0.25) is 4.79 Å². The highest BCUT2D eigenvalue weighted by molar-refractivity contribution is 7.07. The van der Waals surface area contributed by atoms with E-state index < -0.39 is 0 Å². The zero-order chi connectivity index (χ0) is 13.7. The number of aromatic nitrogens is 1. The topological polar surface area (TPSA) is 80.0 Å². The third kappa shape index (κ3) is 3.66. The molecule has 0 saturated heterocycles. The highest BCUT2D eigenvalue weighted by Gasteiger charge is 2.12. The Bertz CT molecular complexity index is 559. The molecule has 100 valence electrons. The molecule has 0 aliphatic carbocycles. The fourth-order valence-electron chi connectivity index (χ4n) is 1.52. The van der Waals surface area contributed by atoms with Crippen molar-refractivity contribution in [1.29, 1.82) is 0 Å². The minimum atomic E-state index is -0.308. The fraction of sp³-hybridized carbons (Fsp3) is 0.167. The van der Waals surface area contributed by atoms with E-state index in [1.807, 2.05) is 11.4 Å². The van der Waals surface area contributed by atoms with E-state index in [0.29, 0.717) is 17.4 Å². The van der Waals surface area contributed by atoms with Gasteiger partial charge in [0.25, 0.3) is 5.91 Å². The maximum Gasteiger partial charge on any atom is 0.271 e. The molecular formula is C12H13ClN4OS. The van der Waals surface area contributed by atoms with Crippen molar-refractivity contribution >= 4 is 34.7 Å². The fourth-order valence-corrected chi connectivity index (χ4v) is 2.41. The summed E-state index contributed by atoms with van der Waals surface area (Å²) in [5.74, 6) is 5.33. The van der Waals surface area contributed by atoms with Gasteiger partial charge in [0, 0.05) is 6.54 Å². The number of rotatable bonds is 5. The van der Waals surface area contributed by atoms with Crippen LogP contribution in [0.4, 0.5) is 5.82 Å². The van der Waals surface area contributed by atoms with E-state index in [9.17, 15) is 4.79 Å². The number of nitrogens with two attached hydrogens (primary N) is 1. The number of hydrogen-bond acceptors (Lipinski definition) is 5. The monoisotopic (exact) mass is 296 g/mol. The molecule has 0 aliphatic heterocycles. The SMILES string of the molecule is NNc1ccc(Cl)c(C(=O)NCCc2ccsc2)n1. The molecule has 1 amide bonds. The van der Waals surface area contributed by atoms with E-state index in [-0.39, 0.29) is 11.6 Å². The number of amides is 1. The summed E-state index contributed by atoms with van der Waals surface area (Å²) in [6.07, 6.45) is 0.779. The Balaban J connectivity index is 1.95. The lowest BCUT2D eigenvalue weighted by Gasteiger charge is -2.07. The average molecular weight is 297 g/mol. The molecule has 0 saturated carbocycles. The third-order valence-electron chi connectivity index (χ3n) is 2.49. The minimum absolute atomic E-state index is 0.169. The van der Waals surface area contributed by atoms with Crippen molar-refractivity contribution in [2.45, 2.75) is 6.42 Å². The molecule has 0 unspecified atom stereocenters. The van der Waals surface area contributed by atoms with Gasteiger partial charge >= 0.3 is 0 Å². The van der Waals surface area contributed by atoms with Gasteiger partial charge in [0.05, 0.1) is 5.02 Å². The van der Waals surface area contributed by atoms with Gasteiger partial charge in [0.15, 0.2) is 0 Å². The van der Waals surface area contributed by atoms with E-state index >= 15 is 0 Å². The van der Waals surface area contributed by atoms with Gasteiger partial charge in [-0.25, -0.2) is 10.8 Å². The second-order valence-corrected chi connectivity index (χ2v) is 5.00. The van der Waals surface area contributed by atoms with Crippen LogP contribution in [-0.2, 0) is 6.42 Å². The molecule has 0 bridgehead atoms. The summed E-state index contributed by atoms with van der Waals surface area (Å²) in [6.45, 7) is 0.536. The molecule has 0 aliphatic rings. The number of nitrogen functional groups attached to an aromatic ring is 1. The lowest BCUT2D eigenvalue weighted by Crippen LogP contribution is -2.27. The van der Waals surface area contributed by atoms with E-state index in [1.54, 1.807) is 23.5 Å². The molecule has 0 aromatic carbocycles. The first-order valence-corrected chi connectivity index (χ1v) is 6.95. The predicted octanol–water partition coefficient (Wildman–Crippen LogP) is 2.05. The molecule has 0 radical (unpaired) electrons. The zero-order valence-electron chi connectivity index (χ0n) is 10.0. The van der Waals surface area contributed by atoms with Gasteiger partial charge in [-0.2, -0.15) is 11.3 Å². The zero-order valence-corrected chi connectivity index (χ0v) is 11.6. The minimum Gasteiger partial charge on any atom is -0.350 e. The maximum absolute atomic E-state index is 11.9. The summed E-state index contributed by atoms with van der Waals surface area (Å²) in [5.41, 5.74) is 3.74. The first-order chi connectivity index (χ1) is 9.20. The molecule has 19 heavy (non-hydrogen) atoms. The number of thiophene rings is 1. The lowest BCUT2D eigenvalue weighted by molar-refractivity contribution is 0.0949. The number of halogens is 1. The highest BCUT2D eigenvalue weighted by atomic mass is 35.5. The molecule has 0 spiro atoms. The molecular weight excluding hydrogens is 284 g/mol. The molecule has 0 atom stereocenters. The largest absolute Gasteiger partial charge is 0.350 e. The normalized spacial score (nSPS) is 10.2. The Morgan fingerprint density at radius 1 is 1.42 bits per heavy atom. The van der Waals surface area contributed by atoms with Crippen molar-refractivity contribution in [3.8, 4) is 0 Å². The summed E-state index contributed by atoms with van der Waals surface area (Å²) in [6, 6.07) is 5.21. The van der Waals surface area contributed by atoms with Crippen LogP contribution in [0, 0.1) is 0 Å². The first kappa shape index (κ1) is 13.8. The van der Waals surface area contributed by atoms with E-state index in [1.165, 1.54) is 5.56 Å². The smallest absolute Gasteiger partial charge is 0.271 e. The second-order valence-electron chi connectivity index (χ2n) is 3.81. The number of nitrogens with zero attached hydrogens (tertiary/aromatic N) is 1. The highest BCUT2D eigenvalue weighted by Crippen LogP contribution is 2.16. The lowest BCUT2D eigenvalue weighted by atomic mass is 10.2. The molecule has 0 fully saturated rings. The summed E-state index contributed by atoms with van der Waals surface area (Å²) in [5, 5.41) is 7.14. The quantitative estimate of drug-likeness (QED) is 0.583. The number of carbonyl (C=O) groups is 1. The number of anilines is 1.